The number of hydrogen-bond donors (Lipinski definition) is 0. The first kappa shape index (κ1) is 23.8. The van der Waals surface area contributed by atoms with Crippen molar-refractivity contribution in [2.45, 2.75) is 78.6 Å². The molecule has 3 aliphatic carbocycles. The van der Waals surface area contributed by atoms with Gasteiger partial charge in [0.2, 0.25) is 5.78 Å². The molecule has 3 fully saturated rings. The minimum absolute atomic E-state index is 0.0164. The van der Waals surface area contributed by atoms with Crippen molar-refractivity contribution in [2.75, 3.05) is 7.11 Å². The van der Waals surface area contributed by atoms with Crippen molar-refractivity contribution in [3.8, 4) is 0 Å². The largest absolute Gasteiger partial charge is 0.493 e. The van der Waals surface area contributed by atoms with E-state index in [1.807, 2.05) is 19.9 Å². The third kappa shape index (κ3) is 3.16. The van der Waals surface area contributed by atoms with Crippen molar-refractivity contribution < 1.29 is 38.1 Å². The second-order valence-electron chi connectivity index (χ2n) is 10.8. The van der Waals surface area contributed by atoms with E-state index in [1.165, 1.54) is 21.0 Å². The molecule has 1 aliphatic heterocycles. The predicted octanol–water partition coefficient (Wildman–Crippen LogP) is 2.97. The van der Waals surface area contributed by atoms with Crippen LogP contribution in [0.4, 0.5) is 0 Å². The summed E-state index contributed by atoms with van der Waals surface area (Å²) < 4.78 is 23.0. The van der Waals surface area contributed by atoms with Crippen LogP contribution in [0, 0.1) is 34.5 Å². The van der Waals surface area contributed by atoms with Crippen LogP contribution < -0.4 is 0 Å². The lowest BCUT2D eigenvalue weighted by molar-refractivity contribution is -0.288. The second-order valence-corrected chi connectivity index (χ2v) is 10.8. The summed E-state index contributed by atoms with van der Waals surface area (Å²) in [6, 6.07) is 0. The van der Waals surface area contributed by atoms with Crippen LogP contribution in [0.5, 0.6) is 0 Å². The molecule has 0 aromatic rings. The molecule has 0 amide bonds. The Morgan fingerprint density at radius 2 is 1.73 bits per heavy atom. The van der Waals surface area contributed by atoms with Gasteiger partial charge in [0.1, 0.15) is 17.8 Å². The summed E-state index contributed by atoms with van der Waals surface area (Å²) in [6.07, 6.45) is 1.47. The number of ketones is 1. The van der Waals surface area contributed by atoms with Gasteiger partial charge in [0.25, 0.3) is 0 Å². The summed E-state index contributed by atoms with van der Waals surface area (Å²) in [5, 5.41) is 0. The first-order valence-electron chi connectivity index (χ1n) is 11.7. The Kier molecular flexibility index (Phi) is 5.45. The lowest BCUT2D eigenvalue weighted by atomic mass is 9.38. The maximum Gasteiger partial charge on any atom is 0.306 e. The highest BCUT2D eigenvalue weighted by molar-refractivity contribution is 5.99. The van der Waals surface area contributed by atoms with Crippen molar-refractivity contribution in [3.05, 3.63) is 11.8 Å². The van der Waals surface area contributed by atoms with Gasteiger partial charge in [0, 0.05) is 30.6 Å². The normalized spacial score (nSPS) is 46.2. The quantitative estimate of drug-likeness (QED) is 0.466. The lowest BCUT2D eigenvalue weighted by Gasteiger charge is -2.68. The fraction of sp³-hybridized carbons (Fsp3) is 0.760. The molecule has 0 spiro atoms. The summed E-state index contributed by atoms with van der Waals surface area (Å²) >= 11 is 0. The van der Waals surface area contributed by atoms with Gasteiger partial charge in [0.15, 0.2) is 5.76 Å². The molecule has 0 N–H and O–H groups in total. The number of allylic oxidation sites excluding steroid dienone is 2. The minimum Gasteiger partial charge on any atom is -0.493 e. The van der Waals surface area contributed by atoms with Gasteiger partial charge in [-0.3, -0.25) is 19.2 Å². The van der Waals surface area contributed by atoms with Crippen LogP contribution in [0.3, 0.4) is 0 Å². The van der Waals surface area contributed by atoms with E-state index in [1.54, 1.807) is 6.92 Å². The van der Waals surface area contributed by atoms with Crippen molar-refractivity contribution in [3.63, 3.8) is 0 Å². The van der Waals surface area contributed by atoms with Gasteiger partial charge < -0.3 is 18.9 Å². The number of rotatable bonds is 3. The van der Waals surface area contributed by atoms with Crippen molar-refractivity contribution in [1.82, 2.24) is 0 Å². The molecular formula is C25H34O8. The highest BCUT2D eigenvalue weighted by atomic mass is 16.6. The van der Waals surface area contributed by atoms with Gasteiger partial charge >= 0.3 is 17.9 Å². The highest BCUT2D eigenvalue weighted by Crippen LogP contribution is 2.69. The molecule has 33 heavy (non-hydrogen) atoms. The minimum atomic E-state index is -1.23. The van der Waals surface area contributed by atoms with E-state index >= 15 is 0 Å². The van der Waals surface area contributed by atoms with Crippen molar-refractivity contribution in [1.29, 1.82) is 0 Å². The van der Waals surface area contributed by atoms with Crippen LogP contribution in [0.25, 0.3) is 0 Å². The number of fused-ring (bicyclic) bond motifs is 2. The number of carbonyl (C=O) groups excluding carboxylic acids is 4. The topological polar surface area (TPSA) is 105 Å². The molecule has 8 heteroatoms. The van der Waals surface area contributed by atoms with E-state index in [2.05, 4.69) is 6.92 Å². The van der Waals surface area contributed by atoms with E-state index < -0.39 is 46.5 Å². The van der Waals surface area contributed by atoms with E-state index in [-0.39, 0.29) is 35.9 Å². The molecule has 0 aromatic heterocycles. The molecule has 182 valence electrons. The Morgan fingerprint density at radius 3 is 2.30 bits per heavy atom. The van der Waals surface area contributed by atoms with Gasteiger partial charge in [0.05, 0.1) is 13.5 Å². The first-order chi connectivity index (χ1) is 15.3. The van der Waals surface area contributed by atoms with Gasteiger partial charge in [-0.1, -0.05) is 20.8 Å². The predicted molar refractivity (Wildman–Crippen MR) is 115 cm³/mol. The molecule has 0 radical (unpaired) electrons. The van der Waals surface area contributed by atoms with Gasteiger partial charge in [-0.05, 0) is 43.6 Å². The molecule has 8 nitrogen and oxygen atoms in total. The molecule has 2 saturated carbocycles. The van der Waals surface area contributed by atoms with Gasteiger partial charge in [-0.2, -0.15) is 0 Å². The van der Waals surface area contributed by atoms with E-state index in [4.69, 9.17) is 18.9 Å². The van der Waals surface area contributed by atoms with Crippen molar-refractivity contribution >= 4 is 23.7 Å². The smallest absolute Gasteiger partial charge is 0.306 e. The SMILES string of the molecule is COC1=C[C@H](C)[C@H]2C[C@H]3OC(=O)C[C@@H]4[C@@](C)(OC(C)=O)[C@@H](OC(C)=O)C[C@H]([C@]2(C)C1=O)[C@@]43C. The van der Waals surface area contributed by atoms with Gasteiger partial charge in [-0.15, -0.1) is 0 Å². The summed E-state index contributed by atoms with van der Waals surface area (Å²) in [6.45, 7) is 10.4. The maximum atomic E-state index is 13.8. The molecular weight excluding hydrogens is 428 g/mol. The average molecular weight is 463 g/mol. The molecule has 4 rings (SSSR count). The fourth-order valence-corrected chi connectivity index (χ4v) is 7.84. The van der Waals surface area contributed by atoms with Crippen molar-refractivity contribution in [2.24, 2.45) is 34.5 Å². The fourth-order valence-electron chi connectivity index (χ4n) is 7.84. The standard InChI is InChI=1S/C25H34O8/c1-12-8-16(30-7)22(29)23(4)15(12)9-19-24(5)17(23)10-20(31-13(2)26)25(6,33-14(3)27)18(24)11-21(28)32-19/h8,12,15,17-20H,9-11H2,1-7H3/t12-,15+,17+,18-,19+,20-,23+,24-,25+/m0/s1. The molecule has 0 aromatic carbocycles. The summed E-state index contributed by atoms with van der Waals surface area (Å²) in [7, 11) is 1.50. The number of esters is 3. The highest BCUT2D eigenvalue weighted by Gasteiger charge is 2.74. The molecule has 0 unspecified atom stereocenters. The lowest BCUT2D eigenvalue weighted by Crippen LogP contribution is -2.74. The Labute approximate surface area is 194 Å². The third-order valence-electron chi connectivity index (χ3n) is 9.24. The Hall–Kier alpha value is -2.38. The summed E-state index contributed by atoms with van der Waals surface area (Å²) in [5.74, 6) is -1.94. The van der Waals surface area contributed by atoms with Crippen LogP contribution in [0.1, 0.15) is 60.8 Å². The molecule has 0 bridgehead atoms. The van der Waals surface area contributed by atoms with Crippen LogP contribution in [0.2, 0.25) is 0 Å². The van der Waals surface area contributed by atoms with E-state index in [0.29, 0.717) is 18.6 Å². The number of carbonyl (C=O) groups is 4. The number of Topliss-reactive ketones (excluding diaryl/α,β-unsaturated/α-hetero) is 1. The number of methoxy groups -OCH3 is 1. The summed E-state index contributed by atoms with van der Waals surface area (Å²) in [5.41, 5.74) is -2.71. The van der Waals surface area contributed by atoms with Crippen LogP contribution in [-0.4, -0.2) is 48.6 Å². The number of hydrogen-bond acceptors (Lipinski definition) is 8. The van der Waals surface area contributed by atoms with Crippen LogP contribution >= 0.6 is 0 Å². The average Bonchev–Trinajstić information content (AvgIpc) is 2.70. The monoisotopic (exact) mass is 462 g/mol. The van der Waals surface area contributed by atoms with E-state index in [9.17, 15) is 19.2 Å². The Morgan fingerprint density at radius 1 is 1.06 bits per heavy atom. The third-order valence-corrected chi connectivity index (χ3v) is 9.24. The van der Waals surface area contributed by atoms with Gasteiger partial charge in [-0.25, -0.2) is 0 Å². The zero-order chi connectivity index (χ0) is 24.5. The Balaban J connectivity index is 1.92. The zero-order valence-corrected chi connectivity index (χ0v) is 20.4. The second kappa shape index (κ2) is 7.57. The number of ether oxygens (including phenoxy) is 4. The van der Waals surface area contributed by atoms with E-state index in [0.717, 1.165) is 0 Å². The van der Waals surface area contributed by atoms with Crippen LogP contribution in [-0.2, 0) is 38.1 Å². The molecule has 9 atom stereocenters. The molecule has 4 aliphatic rings. The molecule has 1 saturated heterocycles. The maximum absolute atomic E-state index is 13.8. The zero-order valence-electron chi connectivity index (χ0n) is 20.4. The van der Waals surface area contributed by atoms with Crippen LogP contribution in [0.15, 0.2) is 11.8 Å². The first-order valence-corrected chi connectivity index (χ1v) is 11.7. The molecule has 1 heterocycles. The summed E-state index contributed by atoms with van der Waals surface area (Å²) in [4.78, 5) is 50.8. The Bertz CT molecular complexity index is 939.